The SMILES string of the molecule is CCC1CCC(C)N1S(=O)(=O)c1ccc(C(N)=S)c(Cl)c1. The first-order valence-corrected chi connectivity index (χ1v) is 9.14. The van der Waals surface area contributed by atoms with E-state index in [0.717, 1.165) is 19.3 Å². The van der Waals surface area contributed by atoms with Gasteiger partial charge in [0.05, 0.1) is 9.92 Å². The Bertz CT molecular complexity index is 661. The number of hydrogen-bond acceptors (Lipinski definition) is 3. The van der Waals surface area contributed by atoms with Gasteiger partial charge in [-0.1, -0.05) is 30.7 Å². The molecule has 1 aliphatic heterocycles. The lowest BCUT2D eigenvalue weighted by Gasteiger charge is -2.27. The number of rotatable bonds is 4. The lowest BCUT2D eigenvalue weighted by Crippen LogP contribution is -2.39. The first-order chi connectivity index (χ1) is 9.78. The molecule has 4 nitrogen and oxygen atoms in total. The first kappa shape index (κ1) is 16.7. The highest BCUT2D eigenvalue weighted by molar-refractivity contribution is 7.89. The Morgan fingerprint density at radius 1 is 1.48 bits per heavy atom. The number of sulfonamides is 1. The van der Waals surface area contributed by atoms with Gasteiger partial charge in [0.15, 0.2) is 0 Å². The molecular formula is C14H19ClN2O2S2. The summed E-state index contributed by atoms with van der Waals surface area (Å²) in [4.78, 5) is 0.352. The Kier molecular flexibility index (Phi) is 4.92. The van der Waals surface area contributed by atoms with Gasteiger partial charge in [-0.25, -0.2) is 8.42 Å². The van der Waals surface area contributed by atoms with Crippen LogP contribution in [0.2, 0.25) is 5.02 Å². The second-order valence-electron chi connectivity index (χ2n) is 5.33. The molecule has 7 heteroatoms. The average Bonchev–Trinajstić information content (AvgIpc) is 2.79. The standard InChI is InChI=1S/C14H19ClN2O2S2/c1-3-10-5-4-9(2)17(10)21(18,19)11-6-7-12(14(16)20)13(15)8-11/h6-10H,3-5H2,1-2H3,(H2,16,20). The van der Waals surface area contributed by atoms with Crippen molar-refractivity contribution in [3.63, 3.8) is 0 Å². The molecule has 0 bridgehead atoms. The molecule has 1 heterocycles. The summed E-state index contributed by atoms with van der Waals surface area (Å²) < 4.78 is 27.3. The van der Waals surface area contributed by atoms with Crippen molar-refractivity contribution < 1.29 is 8.42 Å². The van der Waals surface area contributed by atoms with E-state index >= 15 is 0 Å². The summed E-state index contributed by atoms with van der Waals surface area (Å²) in [5.74, 6) is 0. The van der Waals surface area contributed by atoms with E-state index in [1.165, 1.54) is 12.1 Å². The summed E-state index contributed by atoms with van der Waals surface area (Å²) in [6, 6.07) is 4.59. The van der Waals surface area contributed by atoms with Crippen LogP contribution >= 0.6 is 23.8 Å². The molecule has 1 aliphatic rings. The van der Waals surface area contributed by atoms with Crippen molar-refractivity contribution in [2.45, 2.75) is 50.1 Å². The van der Waals surface area contributed by atoms with Crippen LogP contribution in [0.25, 0.3) is 0 Å². The maximum atomic E-state index is 12.9. The molecule has 1 saturated heterocycles. The minimum Gasteiger partial charge on any atom is -0.389 e. The third-order valence-corrected chi connectivity index (χ3v) is 6.56. The van der Waals surface area contributed by atoms with Gasteiger partial charge in [-0.15, -0.1) is 0 Å². The van der Waals surface area contributed by atoms with Crippen LogP contribution in [-0.2, 0) is 10.0 Å². The van der Waals surface area contributed by atoms with Crippen molar-refractivity contribution in [2.75, 3.05) is 0 Å². The van der Waals surface area contributed by atoms with E-state index in [1.54, 1.807) is 10.4 Å². The Labute approximate surface area is 136 Å². The maximum absolute atomic E-state index is 12.9. The summed E-state index contributed by atoms with van der Waals surface area (Å²) in [7, 11) is -3.55. The topological polar surface area (TPSA) is 63.4 Å². The van der Waals surface area contributed by atoms with Gasteiger partial charge < -0.3 is 5.73 Å². The molecule has 2 N–H and O–H groups in total. The number of halogens is 1. The van der Waals surface area contributed by atoms with Gasteiger partial charge in [-0.05, 0) is 44.4 Å². The molecule has 0 radical (unpaired) electrons. The van der Waals surface area contributed by atoms with Crippen LogP contribution in [0, 0.1) is 0 Å². The van der Waals surface area contributed by atoms with E-state index < -0.39 is 10.0 Å². The molecule has 1 fully saturated rings. The predicted molar refractivity (Wildman–Crippen MR) is 89.1 cm³/mol. The van der Waals surface area contributed by atoms with Gasteiger partial charge in [0.1, 0.15) is 4.99 Å². The molecule has 2 rings (SSSR count). The summed E-state index contributed by atoms with van der Waals surface area (Å²) >= 11 is 11.0. The van der Waals surface area contributed by atoms with Crippen molar-refractivity contribution in [3.05, 3.63) is 28.8 Å². The van der Waals surface area contributed by atoms with Crippen LogP contribution in [0.1, 0.15) is 38.7 Å². The molecule has 21 heavy (non-hydrogen) atoms. The molecule has 2 unspecified atom stereocenters. The van der Waals surface area contributed by atoms with Crippen molar-refractivity contribution in [2.24, 2.45) is 5.73 Å². The van der Waals surface area contributed by atoms with Crippen molar-refractivity contribution in [1.82, 2.24) is 4.31 Å². The van der Waals surface area contributed by atoms with Gasteiger partial charge in [0, 0.05) is 17.6 Å². The number of nitrogens with zero attached hydrogens (tertiary/aromatic N) is 1. The normalized spacial score (nSPS) is 23.4. The van der Waals surface area contributed by atoms with Gasteiger partial charge in [-0.3, -0.25) is 0 Å². The highest BCUT2D eigenvalue weighted by Crippen LogP contribution is 2.33. The zero-order chi connectivity index (χ0) is 15.8. The second-order valence-corrected chi connectivity index (χ2v) is 8.02. The van der Waals surface area contributed by atoms with Gasteiger partial charge >= 0.3 is 0 Å². The Hall–Kier alpha value is -0.690. The molecule has 0 saturated carbocycles. The highest BCUT2D eigenvalue weighted by Gasteiger charge is 2.39. The Balaban J connectivity index is 2.44. The number of thiocarbonyl (C=S) groups is 1. The maximum Gasteiger partial charge on any atom is 0.243 e. The molecule has 0 amide bonds. The zero-order valence-corrected chi connectivity index (χ0v) is 14.4. The molecule has 0 aliphatic carbocycles. The van der Waals surface area contributed by atoms with Crippen LogP contribution < -0.4 is 5.73 Å². The van der Waals surface area contributed by atoms with Crippen LogP contribution in [0.15, 0.2) is 23.1 Å². The first-order valence-electron chi connectivity index (χ1n) is 6.92. The number of nitrogens with two attached hydrogens (primary N) is 1. The summed E-state index contributed by atoms with van der Waals surface area (Å²) in [6.07, 6.45) is 2.59. The van der Waals surface area contributed by atoms with Crippen LogP contribution in [0.3, 0.4) is 0 Å². The molecule has 2 atom stereocenters. The molecule has 1 aromatic rings. The van der Waals surface area contributed by atoms with Crippen LogP contribution in [-0.4, -0.2) is 29.8 Å². The number of hydrogen-bond donors (Lipinski definition) is 1. The lowest BCUT2D eigenvalue weighted by atomic mass is 10.2. The highest BCUT2D eigenvalue weighted by atomic mass is 35.5. The quantitative estimate of drug-likeness (QED) is 0.851. The fourth-order valence-corrected chi connectivity index (χ4v) is 5.40. The lowest BCUT2D eigenvalue weighted by molar-refractivity contribution is 0.328. The van der Waals surface area contributed by atoms with E-state index in [1.807, 2.05) is 13.8 Å². The smallest absolute Gasteiger partial charge is 0.243 e. The van der Waals surface area contributed by atoms with E-state index in [0.29, 0.717) is 5.56 Å². The minimum atomic E-state index is -3.55. The van der Waals surface area contributed by atoms with Gasteiger partial charge in [-0.2, -0.15) is 4.31 Å². The zero-order valence-electron chi connectivity index (χ0n) is 12.0. The second kappa shape index (κ2) is 6.20. The minimum absolute atomic E-state index is 0.00832. The van der Waals surface area contributed by atoms with Gasteiger partial charge in [0.25, 0.3) is 0 Å². The predicted octanol–water partition coefficient (Wildman–Crippen LogP) is 2.93. The molecule has 1 aromatic carbocycles. The molecule has 0 aromatic heterocycles. The summed E-state index contributed by atoms with van der Waals surface area (Å²) in [5.41, 5.74) is 6.04. The van der Waals surface area contributed by atoms with Gasteiger partial charge in [0.2, 0.25) is 10.0 Å². The van der Waals surface area contributed by atoms with Crippen molar-refractivity contribution >= 4 is 38.8 Å². The summed E-state index contributed by atoms with van der Waals surface area (Å²) in [5, 5.41) is 0.267. The third-order valence-electron chi connectivity index (χ3n) is 3.96. The van der Waals surface area contributed by atoms with E-state index in [2.05, 4.69) is 0 Å². The fraction of sp³-hybridized carbons (Fsp3) is 0.500. The number of benzene rings is 1. The summed E-state index contributed by atoms with van der Waals surface area (Å²) in [6.45, 7) is 3.95. The van der Waals surface area contributed by atoms with E-state index in [9.17, 15) is 8.42 Å². The van der Waals surface area contributed by atoms with Crippen LogP contribution in [0.4, 0.5) is 0 Å². The Morgan fingerprint density at radius 2 is 2.14 bits per heavy atom. The average molecular weight is 347 g/mol. The van der Waals surface area contributed by atoms with E-state index in [-0.39, 0.29) is 27.0 Å². The van der Waals surface area contributed by atoms with E-state index in [4.69, 9.17) is 29.6 Å². The van der Waals surface area contributed by atoms with Crippen molar-refractivity contribution in [3.8, 4) is 0 Å². The molecule has 0 spiro atoms. The van der Waals surface area contributed by atoms with Crippen molar-refractivity contribution in [1.29, 1.82) is 0 Å². The molecular weight excluding hydrogens is 328 g/mol. The Morgan fingerprint density at radius 3 is 2.67 bits per heavy atom. The molecule has 116 valence electrons. The van der Waals surface area contributed by atoms with Crippen LogP contribution in [0.5, 0.6) is 0 Å². The monoisotopic (exact) mass is 346 g/mol. The largest absolute Gasteiger partial charge is 0.389 e. The third kappa shape index (κ3) is 3.08. The fourth-order valence-electron chi connectivity index (χ4n) is 2.84.